The maximum absolute atomic E-state index is 12.9. The molecule has 0 bridgehead atoms. The van der Waals surface area contributed by atoms with Crippen molar-refractivity contribution in [1.82, 2.24) is 0 Å². The van der Waals surface area contributed by atoms with Crippen LogP contribution in [0.1, 0.15) is 58.2 Å². The van der Waals surface area contributed by atoms with Gasteiger partial charge >= 0.3 is 5.97 Å². The number of esters is 1. The number of fused-ring (bicyclic) bond motifs is 2. The number of rotatable bonds is 4. The molecule has 0 saturated heterocycles. The van der Waals surface area contributed by atoms with Gasteiger partial charge < -0.3 is 14.2 Å². The Kier molecular flexibility index (Phi) is 6.24. The molecule has 170 valence electrons. The van der Waals surface area contributed by atoms with E-state index in [9.17, 15) is 9.59 Å². The average molecular weight is 574 g/mol. The predicted molar refractivity (Wildman–Crippen MR) is 132 cm³/mol. The Balaban J connectivity index is 2.04. The van der Waals surface area contributed by atoms with Gasteiger partial charge in [0, 0.05) is 38.3 Å². The van der Waals surface area contributed by atoms with Crippen LogP contribution in [0.3, 0.4) is 0 Å². The van der Waals surface area contributed by atoms with E-state index in [1.54, 1.807) is 25.3 Å². The third-order valence-electron chi connectivity index (χ3n) is 5.37. The largest absolute Gasteiger partial charge is 0.456 e. The number of carbonyl (C=O) groups is 2. The molecule has 7 heteroatoms. The van der Waals surface area contributed by atoms with Gasteiger partial charge in [0.1, 0.15) is 23.4 Å². The van der Waals surface area contributed by atoms with E-state index in [4.69, 9.17) is 14.2 Å². The molecule has 4 rings (SSSR count). The van der Waals surface area contributed by atoms with Gasteiger partial charge in [0.25, 0.3) is 0 Å². The van der Waals surface area contributed by atoms with Crippen LogP contribution < -0.4 is 4.74 Å². The van der Waals surface area contributed by atoms with Gasteiger partial charge in [-0.1, -0.05) is 50.1 Å². The summed E-state index contributed by atoms with van der Waals surface area (Å²) in [4.78, 5) is 25.0. The minimum Gasteiger partial charge on any atom is -0.456 e. The minimum absolute atomic E-state index is 0.325. The lowest BCUT2D eigenvalue weighted by molar-refractivity contribution is 0.00683. The van der Waals surface area contributed by atoms with Crippen LogP contribution in [0.15, 0.2) is 63.5 Å². The van der Waals surface area contributed by atoms with Crippen molar-refractivity contribution in [3.05, 3.63) is 91.4 Å². The molecule has 0 N–H and O–H groups in total. The van der Waals surface area contributed by atoms with Crippen molar-refractivity contribution < 1.29 is 23.8 Å². The van der Waals surface area contributed by atoms with Gasteiger partial charge in [-0.05, 0) is 57.2 Å². The Morgan fingerprint density at radius 1 is 0.909 bits per heavy atom. The summed E-state index contributed by atoms with van der Waals surface area (Å²) in [7, 11) is 1.58. The van der Waals surface area contributed by atoms with Gasteiger partial charge in [0.05, 0.1) is 5.56 Å². The molecule has 33 heavy (non-hydrogen) atoms. The van der Waals surface area contributed by atoms with Crippen molar-refractivity contribution in [1.29, 1.82) is 0 Å². The van der Waals surface area contributed by atoms with E-state index in [1.165, 1.54) is 0 Å². The summed E-state index contributed by atoms with van der Waals surface area (Å²) in [6.45, 7) is 5.43. The van der Waals surface area contributed by atoms with Crippen molar-refractivity contribution >= 4 is 44.1 Å². The van der Waals surface area contributed by atoms with E-state index in [-0.39, 0.29) is 0 Å². The van der Waals surface area contributed by atoms with Crippen molar-refractivity contribution in [2.24, 2.45) is 0 Å². The third-order valence-corrected chi connectivity index (χ3v) is 6.35. The standard InChI is InChI=1S/C26H22Br2O5/c1-25(2,3)33-24(30)15-5-6-16(14-29)21(11-15)26(31-4)19-9-7-17(27)12-22(19)32-23-13-18(28)8-10-20(23)26/h5-14H,1-4H3. The van der Waals surface area contributed by atoms with E-state index < -0.39 is 17.2 Å². The lowest BCUT2D eigenvalue weighted by Gasteiger charge is -2.40. The number of ether oxygens (including phenoxy) is 3. The van der Waals surface area contributed by atoms with Crippen LogP contribution >= 0.6 is 31.9 Å². The second kappa shape index (κ2) is 8.70. The molecule has 1 heterocycles. The van der Waals surface area contributed by atoms with Crippen LogP contribution in [-0.4, -0.2) is 25.0 Å². The van der Waals surface area contributed by atoms with Gasteiger partial charge in [-0.15, -0.1) is 0 Å². The summed E-state index contributed by atoms with van der Waals surface area (Å²) < 4.78 is 19.7. The van der Waals surface area contributed by atoms with Crippen LogP contribution in [0.2, 0.25) is 0 Å². The number of benzene rings is 3. The molecule has 3 aromatic rings. The van der Waals surface area contributed by atoms with Gasteiger partial charge in [-0.3, -0.25) is 4.79 Å². The fraction of sp³-hybridized carbons (Fsp3) is 0.231. The summed E-state index contributed by atoms with van der Waals surface area (Å²) in [6.07, 6.45) is 0.765. The number of halogens is 2. The summed E-state index contributed by atoms with van der Waals surface area (Å²) in [6, 6.07) is 16.1. The highest BCUT2D eigenvalue weighted by atomic mass is 79.9. The van der Waals surface area contributed by atoms with E-state index in [1.807, 2.05) is 57.2 Å². The zero-order chi connectivity index (χ0) is 24.0. The molecule has 0 saturated carbocycles. The zero-order valence-electron chi connectivity index (χ0n) is 18.6. The van der Waals surface area contributed by atoms with Crippen molar-refractivity contribution in [2.45, 2.75) is 32.0 Å². The number of hydrogen-bond acceptors (Lipinski definition) is 5. The number of aldehydes is 1. The van der Waals surface area contributed by atoms with Crippen LogP contribution in [0.4, 0.5) is 0 Å². The molecule has 0 spiro atoms. The molecule has 5 nitrogen and oxygen atoms in total. The predicted octanol–water partition coefficient (Wildman–Crippen LogP) is 7.02. The first kappa shape index (κ1) is 23.7. The number of hydrogen-bond donors (Lipinski definition) is 0. The Labute approximate surface area is 209 Å². The quantitative estimate of drug-likeness (QED) is 0.248. The molecule has 0 aromatic heterocycles. The fourth-order valence-corrected chi connectivity index (χ4v) is 4.73. The molecule has 0 fully saturated rings. The fourth-order valence-electron chi connectivity index (χ4n) is 4.05. The maximum Gasteiger partial charge on any atom is 0.338 e. The van der Waals surface area contributed by atoms with Crippen LogP contribution in [0, 0.1) is 0 Å². The first-order chi connectivity index (χ1) is 15.6. The molecule has 0 amide bonds. The minimum atomic E-state index is -1.20. The smallest absolute Gasteiger partial charge is 0.338 e. The topological polar surface area (TPSA) is 61.8 Å². The third kappa shape index (κ3) is 4.25. The van der Waals surface area contributed by atoms with Crippen molar-refractivity contribution in [3.63, 3.8) is 0 Å². The molecular weight excluding hydrogens is 552 g/mol. The summed E-state index contributed by atoms with van der Waals surface area (Å²) in [5.41, 5.74) is 0.826. The molecule has 0 radical (unpaired) electrons. The van der Waals surface area contributed by atoms with Gasteiger partial charge in [-0.25, -0.2) is 4.79 Å². The molecule has 1 aliphatic rings. The average Bonchev–Trinajstić information content (AvgIpc) is 2.75. The molecule has 0 aliphatic carbocycles. The van der Waals surface area contributed by atoms with Crippen LogP contribution in [-0.2, 0) is 15.1 Å². The van der Waals surface area contributed by atoms with Gasteiger partial charge in [0.15, 0.2) is 5.60 Å². The lowest BCUT2D eigenvalue weighted by Crippen LogP contribution is -2.36. The molecule has 1 aliphatic heterocycles. The highest BCUT2D eigenvalue weighted by Gasteiger charge is 2.46. The normalized spacial score (nSPS) is 14.0. The highest BCUT2D eigenvalue weighted by Crippen LogP contribution is 2.53. The highest BCUT2D eigenvalue weighted by molar-refractivity contribution is 9.10. The summed E-state index contributed by atoms with van der Waals surface area (Å²) >= 11 is 7.00. The van der Waals surface area contributed by atoms with Crippen molar-refractivity contribution in [3.8, 4) is 11.5 Å². The maximum atomic E-state index is 12.9. The summed E-state index contributed by atoms with van der Waals surface area (Å²) in [5.74, 6) is 0.680. The SMILES string of the molecule is COC1(c2cc(C(=O)OC(C)(C)C)ccc2C=O)c2ccc(Br)cc2Oc2cc(Br)ccc21. The van der Waals surface area contributed by atoms with Crippen LogP contribution in [0.5, 0.6) is 11.5 Å². The second-order valence-corrected chi connectivity index (χ2v) is 10.5. The molecule has 0 atom stereocenters. The first-order valence-corrected chi connectivity index (χ1v) is 11.8. The van der Waals surface area contributed by atoms with E-state index in [0.29, 0.717) is 39.3 Å². The Hall–Kier alpha value is -2.48. The van der Waals surface area contributed by atoms with Crippen LogP contribution in [0.25, 0.3) is 0 Å². The zero-order valence-corrected chi connectivity index (χ0v) is 21.7. The Bertz CT molecular complexity index is 1210. The Morgan fingerprint density at radius 3 is 1.97 bits per heavy atom. The monoisotopic (exact) mass is 572 g/mol. The Morgan fingerprint density at radius 2 is 1.48 bits per heavy atom. The first-order valence-electron chi connectivity index (χ1n) is 10.2. The van der Waals surface area contributed by atoms with E-state index >= 15 is 0 Å². The molecule has 3 aromatic carbocycles. The lowest BCUT2D eigenvalue weighted by atomic mass is 9.75. The van der Waals surface area contributed by atoms with E-state index in [2.05, 4.69) is 31.9 Å². The molecular formula is C26H22Br2O5. The van der Waals surface area contributed by atoms with Gasteiger partial charge in [-0.2, -0.15) is 0 Å². The van der Waals surface area contributed by atoms with E-state index in [0.717, 1.165) is 15.2 Å². The second-order valence-electron chi connectivity index (χ2n) is 8.69. The molecule has 0 unspecified atom stereocenters. The van der Waals surface area contributed by atoms with Gasteiger partial charge in [0.2, 0.25) is 0 Å². The number of methoxy groups -OCH3 is 1. The number of carbonyl (C=O) groups excluding carboxylic acids is 2. The summed E-state index contributed by atoms with van der Waals surface area (Å²) in [5, 5.41) is 0. The van der Waals surface area contributed by atoms with Crippen molar-refractivity contribution in [2.75, 3.05) is 7.11 Å².